The van der Waals surface area contributed by atoms with Gasteiger partial charge >= 0.3 is 6.18 Å². The van der Waals surface area contributed by atoms with Gasteiger partial charge < -0.3 is 4.74 Å². The van der Waals surface area contributed by atoms with Gasteiger partial charge in [0.05, 0.1) is 12.7 Å². The fourth-order valence-corrected chi connectivity index (χ4v) is 2.02. The Morgan fingerprint density at radius 1 is 1.19 bits per heavy atom. The molecule has 3 aromatic rings. The maximum absolute atomic E-state index is 12.7. The molecule has 0 unspecified atom stereocenters. The predicted octanol–water partition coefficient (Wildman–Crippen LogP) is 3.45. The third-order valence-electron chi connectivity index (χ3n) is 3.03. The van der Waals surface area contributed by atoms with Gasteiger partial charge in [-0.15, -0.1) is 5.10 Å². The average Bonchev–Trinajstić information content (AvgIpc) is 2.89. The number of hydrogen-bond donors (Lipinski definition) is 0. The lowest BCUT2D eigenvalue weighted by atomic mass is 10.2. The van der Waals surface area contributed by atoms with Crippen LogP contribution in [0.4, 0.5) is 13.2 Å². The summed E-state index contributed by atoms with van der Waals surface area (Å²) in [6.45, 7) is 0. The first-order valence-corrected chi connectivity index (χ1v) is 6.05. The number of benzene rings is 1. The second-order valence-electron chi connectivity index (χ2n) is 4.37. The zero-order valence-corrected chi connectivity index (χ0v) is 10.9. The van der Waals surface area contributed by atoms with E-state index < -0.39 is 11.7 Å². The zero-order valence-electron chi connectivity index (χ0n) is 10.9. The van der Waals surface area contributed by atoms with Crippen molar-refractivity contribution in [2.45, 2.75) is 6.18 Å². The van der Waals surface area contributed by atoms with E-state index in [0.29, 0.717) is 11.3 Å². The average molecular weight is 293 g/mol. The first-order valence-electron chi connectivity index (χ1n) is 6.05. The van der Waals surface area contributed by atoms with Crippen molar-refractivity contribution in [3.8, 4) is 11.4 Å². The summed E-state index contributed by atoms with van der Waals surface area (Å²) in [4.78, 5) is 4.09. The summed E-state index contributed by atoms with van der Waals surface area (Å²) in [5.74, 6) is 0.0950. The van der Waals surface area contributed by atoms with E-state index in [1.165, 1.54) is 17.9 Å². The number of hydrogen-bond acceptors (Lipinski definition) is 3. The number of rotatable bonds is 2. The lowest BCUT2D eigenvalue weighted by Crippen LogP contribution is -2.07. The molecule has 21 heavy (non-hydrogen) atoms. The van der Waals surface area contributed by atoms with Gasteiger partial charge in [0.2, 0.25) is 0 Å². The molecule has 0 saturated heterocycles. The molecule has 0 spiro atoms. The van der Waals surface area contributed by atoms with Gasteiger partial charge in [0.15, 0.2) is 5.65 Å². The summed E-state index contributed by atoms with van der Waals surface area (Å²) in [6.07, 6.45) is -1.13. The second kappa shape index (κ2) is 4.76. The van der Waals surface area contributed by atoms with Crippen LogP contribution in [0.5, 0.6) is 5.75 Å². The molecule has 108 valence electrons. The number of ether oxygens (including phenoxy) is 1. The van der Waals surface area contributed by atoms with E-state index in [2.05, 4.69) is 10.1 Å². The van der Waals surface area contributed by atoms with Gasteiger partial charge in [-0.3, -0.25) is 0 Å². The van der Waals surface area contributed by atoms with E-state index >= 15 is 0 Å². The van der Waals surface area contributed by atoms with E-state index in [1.54, 1.807) is 18.5 Å². The number of aromatic nitrogens is 3. The molecular formula is C14H10F3N3O. The molecule has 2 heterocycles. The van der Waals surface area contributed by atoms with Gasteiger partial charge in [-0.05, 0) is 30.3 Å². The summed E-state index contributed by atoms with van der Waals surface area (Å²) < 4.78 is 44.7. The van der Waals surface area contributed by atoms with Gasteiger partial charge in [-0.25, -0.2) is 9.67 Å². The van der Waals surface area contributed by atoms with Crippen molar-refractivity contribution in [2.75, 3.05) is 7.11 Å². The zero-order chi connectivity index (χ0) is 15.0. The standard InChI is InChI=1S/C14H10F3N3O/c1-21-12-7-10(14(15,16)17)4-5-11(12)20-8-9-3-2-6-18-13(9)19-20/h2-8H,1H3. The third-order valence-corrected chi connectivity index (χ3v) is 3.03. The van der Waals surface area contributed by atoms with E-state index in [9.17, 15) is 13.2 Å². The minimum Gasteiger partial charge on any atom is -0.494 e. The Morgan fingerprint density at radius 3 is 2.67 bits per heavy atom. The third kappa shape index (κ3) is 2.42. The highest BCUT2D eigenvalue weighted by atomic mass is 19.4. The number of nitrogens with zero attached hydrogens (tertiary/aromatic N) is 3. The van der Waals surface area contributed by atoms with E-state index in [1.807, 2.05) is 6.07 Å². The van der Waals surface area contributed by atoms with Crippen LogP contribution in [0.3, 0.4) is 0 Å². The van der Waals surface area contributed by atoms with Gasteiger partial charge in [0, 0.05) is 17.8 Å². The Bertz CT molecular complexity index is 763. The van der Waals surface area contributed by atoms with Crippen LogP contribution in [-0.4, -0.2) is 21.9 Å². The van der Waals surface area contributed by atoms with Gasteiger partial charge in [-0.1, -0.05) is 0 Å². The van der Waals surface area contributed by atoms with Crippen molar-refractivity contribution in [3.05, 3.63) is 48.3 Å². The molecule has 0 aliphatic rings. The topological polar surface area (TPSA) is 39.9 Å². The Hall–Kier alpha value is -2.57. The summed E-state index contributed by atoms with van der Waals surface area (Å²) >= 11 is 0. The quantitative estimate of drug-likeness (QED) is 0.726. The number of methoxy groups -OCH3 is 1. The number of alkyl halides is 3. The van der Waals surface area contributed by atoms with E-state index in [4.69, 9.17) is 4.74 Å². The molecule has 0 radical (unpaired) electrons. The molecule has 4 nitrogen and oxygen atoms in total. The van der Waals surface area contributed by atoms with Crippen molar-refractivity contribution in [3.63, 3.8) is 0 Å². The molecule has 0 bridgehead atoms. The van der Waals surface area contributed by atoms with Crippen LogP contribution in [0.1, 0.15) is 5.56 Å². The molecule has 0 atom stereocenters. The van der Waals surface area contributed by atoms with E-state index in [0.717, 1.165) is 17.5 Å². The molecule has 0 amide bonds. The molecule has 2 aromatic heterocycles. The van der Waals surface area contributed by atoms with E-state index in [-0.39, 0.29) is 5.75 Å². The smallest absolute Gasteiger partial charge is 0.416 e. The lowest BCUT2D eigenvalue weighted by Gasteiger charge is -2.12. The molecule has 0 saturated carbocycles. The van der Waals surface area contributed by atoms with Crippen LogP contribution in [0.2, 0.25) is 0 Å². The molecular weight excluding hydrogens is 283 g/mol. The van der Waals surface area contributed by atoms with Crippen LogP contribution < -0.4 is 4.74 Å². The number of fused-ring (bicyclic) bond motifs is 1. The molecule has 1 aromatic carbocycles. The summed E-state index contributed by atoms with van der Waals surface area (Å²) in [6, 6.07) is 6.86. The van der Waals surface area contributed by atoms with Crippen LogP contribution in [0, 0.1) is 0 Å². The van der Waals surface area contributed by atoms with Gasteiger partial charge in [0.25, 0.3) is 0 Å². The number of pyridine rings is 1. The largest absolute Gasteiger partial charge is 0.494 e. The molecule has 3 rings (SSSR count). The van der Waals surface area contributed by atoms with Crippen LogP contribution in [0.15, 0.2) is 42.7 Å². The highest BCUT2D eigenvalue weighted by Gasteiger charge is 2.31. The van der Waals surface area contributed by atoms with Crippen molar-refractivity contribution < 1.29 is 17.9 Å². The van der Waals surface area contributed by atoms with Crippen LogP contribution in [-0.2, 0) is 6.18 Å². The number of halogens is 3. The Kier molecular flexibility index (Phi) is 3.04. The van der Waals surface area contributed by atoms with Crippen LogP contribution >= 0.6 is 0 Å². The monoisotopic (exact) mass is 293 g/mol. The maximum Gasteiger partial charge on any atom is 0.416 e. The van der Waals surface area contributed by atoms with Crippen molar-refractivity contribution in [1.82, 2.24) is 14.8 Å². The molecule has 0 fully saturated rings. The summed E-state index contributed by atoms with van der Waals surface area (Å²) in [5.41, 5.74) is 0.167. The lowest BCUT2D eigenvalue weighted by molar-refractivity contribution is -0.137. The Morgan fingerprint density at radius 2 is 2.00 bits per heavy atom. The first kappa shape index (κ1) is 13.4. The fourth-order valence-electron chi connectivity index (χ4n) is 2.02. The highest BCUT2D eigenvalue weighted by Crippen LogP contribution is 2.34. The Balaban J connectivity index is 2.13. The predicted molar refractivity (Wildman–Crippen MR) is 70.4 cm³/mol. The summed E-state index contributed by atoms with van der Waals surface area (Å²) in [7, 11) is 1.32. The maximum atomic E-state index is 12.7. The Labute approximate surface area is 117 Å². The minimum atomic E-state index is -4.41. The van der Waals surface area contributed by atoms with Crippen LogP contribution in [0.25, 0.3) is 16.7 Å². The van der Waals surface area contributed by atoms with Crippen molar-refractivity contribution in [1.29, 1.82) is 0 Å². The second-order valence-corrected chi connectivity index (χ2v) is 4.37. The summed E-state index contributed by atoms with van der Waals surface area (Å²) in [5, 5.41) is 5.02. The van der Waals surface area contributed by atoms with Gasteiger partial charge in [-0.2, -0.15) is 13.2 Å². The first-order chi connectivity index (χ1) is 9.99. The van der Waals surface area contributed by atoms with Gasteiger partial charge in [0.1, 0.15) is 11.4 Å². The SMILES string of the molecule is COc1cc(C(F)(F)F)ccc1-n1cc2cccnc2n1. The molecule has 0 aliphatic carbocycles. The van der Waals surface area contributed by atoms with Crippen molar-refractivity contribution >= 4 is 11.0 Å². The van der Waals surface area contributed by atoms with Crippen molar-refractivity contribution in [2.24, 2.45) is 0 Å². The molecule has 0 aliphatic heterocycles. The molecule has 7 heteroatoms. The normalized spacial score (nSPS) is 11.8. The minimum absolute atomic E-state index is 0.0950. The highest BCUT2D eigenvalue weighted by molar-refractivity contribution is 5.74. The molecule has 0 N–H and O–H groups in total. The fraction of sp³-hybridized carbons (Fsp3) is 0.143.